The summed E-state index contributed by atoms with van der Waals surface area (Å²) in [4.78, 5) is 26.7. The number of pyridine rings is 1. The number of nitrogens with zero attached hydrogens (tertiary/aromatic N) is 1. The first-order valence-corrected chi connectivity index (χ1v) is 7.47. The van der Waals surface area contributed by atoms with Crippen LogP contribution in [0.15, 0.2) is 18.3 Å². The van der Waals surface area contributed by atoms with Gasteiger partial charge in [-0.1, -0.05) is 12.8 Å². The molecule has 1 aromatic heterocycles. The molecule has 1 amide bonds. The number of hydrogen-bond acceptors (Lipinski definition) is 4. The lowest BCUT2D eigenvalue weighted by atomic mass is 10.1. The van der Waals surface area contributed by atoms with Crippen molar-refractivity contribution in [3.8, 4) is 5.88 Å². The summed E-state index contributed by atoms with van der Waals surface area (Å²) in [6, 6.07) is 1.21. The molecule has 1 aliphatic carbocycles. The van der Waals surface area contributed by atoms with Crippen LogP contribution in [0.3, 0.4) is 0 Å². The number of carboxylic acid groups (broad SMARTS) is 1. The third kappa shape index (κ3) is 5.57. The van der Waals surface area contributed by atoms with Crippen LogP contribution < -0.4 is 10.1 Å². The van der Waals surface area contributed by atoms with Gasteiger partial charge >= 0.3 is 18.3 Å². The van der Waals surface area contributed by atoms with Gasteiger partial charge in [0.05, 0.1) is 5.56 Å². The summed E-state index contributed by atoms with van der Waals surface area (Å²) in [5.41, 5.74) is -0.00461. The lowest BCUT2D eigenvalue weighted by Crippen LogP contribution is -2.41. The van der Waals surface area contributed by atoms with E-state index in [0.717, 1.165) is 25.1 Å². The van der Waals surface area contributed by atoms with E-state index in [-0.39, 0.29) is 17.4 Å². The molecule has 1 saturated carbocycles. The van der Waals surface area contributed by atoms with Crippen molar-refractivity contribution in [2.24, 2.45) is 5.92 Å². The summed E-state index contributed by atoms with van der Waals surface area (Å²) in [6.07, 6.45) is -0.691. The van der Waals surface area contributed by atoms with Crippen LogP contribution in [0.4, 0.5) is 17.6 Å². The Bertz CT molecular complexity index is 620. The maximum atomic E-state index is 12.7. The number of ether oxygens (including phenoxy) is 1. The zero-order chi connectivity index (χ0) is 18.6. The van der Waals surface area contributed by atoms with Gasteiger partial charge in [-0.15, -0.1) is 0 Å². The van der Waals surface area contributed by atoms with Crippen molar-refractivity contribution < 1.29 is 37.0 Å². The van der Waals surface area contributed by atoms with Gasteiger partial charge in [-0.05, 0) is 18.4 Å². The minimum Gasteiger partial charge on any atom is -0.480 e. The molecule has 1 fully saturated rings. The number of rotatable bonds is 9. The quantitative estimate of drug-likeness (QED) is 0.657. The number of aliphatic carboxylic acids is 1. The van der Waals surface area contributed by atoms with Gasteiger partial charge in [0.2, 0.25) is 5.88 Å². The Morgan fingerprint density at radius 3 is 2.52 bits per heavy atom. The van der Waals surface area contributed by atoms with Crippen molar-refractivity contribution in [3.63, 3.8) is 0 Å². The average Bonchev–Trinajstić information content (AvgIpc) is 3.36. The zero-order valence-corrected chi connectivity index (χ0v) is 12.9. The molecule has 2 N–H and O–H groups in total. The molecule has 1 unspecified atom stereocenters. The number of carbonyl (C=O) groups excluding carboxylic acids is 1. The molecule has 1 heterocycles. The highest BCUT2D eigenvalue weighted by Gasteiger charge is 2.41. The molecule has 25 heavy (non-hydrogen) atoms. The lowest BCUT2D eigenvalue weighted by molar-refractivity contribution is -0.148. The predicted molar refractivity (Wildman–Crippen MR) is 76.9 cm³/mol. The minimum atomic E-state index is -4.31. The first-order chi connectivity index (χ1) is 11.7. The van der Waals surface area contributed by atoms with Gasteiger partial charge in [0.15, 0.2) is 6.61 Å². The van der Waals surface area contributed by atoms with E-state index >= 15 is 0 Å². The van der Waals surface area contributed by atoms with Crippen LogP contribution in [0.1, 0.15) is 29.6 Å². The number of nitrogens with one attached hydrogen (secondary N) is 1. The Kier molecular flexibility index (Phi) is 5.81. The number of halogens is 4. The van der Waals surface area contributed by atoms with Crippen LogP contribution in [-0.4, -0.2) is 47.0 Å². The van der Waals surface area contributed by atoms with E-state index < -0.39 is 36.9 Å². The Labute approximate surface area is 140 Å². The topological polar surface area (TPSA) is 88.5 Å². The van der Waals surface area contributed by atoms with Crippen molar-refractivity contribution in [2.75, 3.05) is 6.61 Å². The molecule has 0 aliphatic heterocycles. The second kappa shape index (κ2) is 7.66. The lowest BCUT2D eigenvalue weighted by Gasteiger charge is -2.16. The molecule has 2 rings (SSSR count). The predicted octanol–water partition coefficient (Wildman–Crippen LogP) is 2.34. The highest BCUT2D eigenvalue weighted by atomic mass is 19.3. The summed E-state index contributed by atoms with van der Waals surface area (Å²) in [6.45, 7) is -1.55. The molecule has 6 nitrogen and oxygen atoms in total. The fourth-order valence-electron chi connectivity index (χ4n) is 1.98. The van der Waals surface area contributed by atoms with Crippen LogP contribution in [-0.2, 0) is 4.79 Å². The van der Waals surface area contributed by atoms with Crippen molar-refractivity contribution >= 4 is 11.9 Å². The zero-order valence-electron chi connectivity index (χ0n) is 12.9. The van der Waals surface area contributed by atoms with Crippen LogP contribution in [0.5, 0.6) is 5.88 Å². The molecule has 0 spiro atoms. The smallest absolute Gasteiger partial charge is 0.340 e. The maximum Gasteiger partial charge on any atom is 0.340 e. The van der Waals surface area contributed by atoms with E-state index in [1.54, 1.807) is 0 Å². The molecular formula is C15H16F4N2O4. The third-order valence-electron chi connectivity index (χ3n) is 3.60. The first-order valence-electron chi connectivity index (χ1n) is 7.47. The number of hydrogen-bond donors (Lipinski definition) is 2. The summed E-state index contributed by atoms with van der Waals surface area (Å²) in [7, 11) is 0. The molecule has 0 saturated heterocycles. The van der Waals surface area contributed by atoms with Gasteiger partial charge in [-0.25, -0.2) is 18.6 Å². The van der Waals surface area contributed by atoms with Crippen LogP contribution in [0, 0.1) is 5.92 Å². The molecule has 1 aliphatic rings. The van der Waals surface area contributed by atoms with Gasteiger partial charge in [0, 0.05) is 12.3 Å². The first kappa shape index (κ1) is 18.9. The van der Waals surface area contributed by atoms with Gasteiger partial charge in [-0.2, -0.15) is 8.78 Å². The standard InChI is InChI=1S/C15H16F4N2O4/c16-14(17)15(18,19)7-25-11-4-3-9(6-20-11)12(22)21-10(13(23)24)5-8-1-2-8/h3-4,6,8,10,14H,1-2,5,7H2,(H,21,22)(H,23,24). The summed E-state index contributed by atoms with van der Waals surface area (Å²) in [5.74, 6) is -6.22. The van der Waals surface area contributed by atoms with E-state index in [2.05, 4.69) is 15.0 Å². The second-order valence-electron chi connectivity index (χ2n) is 5.78. The largest absolute Gasteiger partial charge is 0.480 e. The van der Waals surface area contributed by atoms with E-state index in [9.17, 15) is 27.2 Å². The van der Waals surface area contributed by atoms with Gasteiger partial charge < -0.3 is 15.2 Å². The molecule has 10 heteroatoms. The highest BCUT2D eigenvalue weighted by Crippen LogP contribution is 2.33. The Balaban J connectivity index is 1.91. The van der Waals surface area contributed by atoms with Crippen LogP contribution in [0.2, 0.25) is 0 Å². The monoisotopic (exact) mass is 364 g/mol. The van der Waals surface area contributed by atoms with Gasteiger partial charge in [-0.3, -0.25) is 4.79 Å². The fourth-order valence-corrected chi connectivity index (χ4v) is 1.98. The number of alkyl halides is 4. The molecule has 0 radical (unpaired) electrons. The molecule has 1 aromatic rings. The summed E-state index contributed by atoms with van der Waals surface area (Å²) < 4.78 is 54.0. The Hall–Kier alpha value is -2.39. The molecule has 0 bridgehead atoms. The molecule has 1 atom stereocenters. The maximum absolute atomic E-state index is 12.7. The van der Waals surface area contributed by atoms with Crippen molar-refractivity contribution in [1.29, 1.82) is 0 Å². The molecular weight excluding hydrogens is 348 g/mol. The number of carbonyl (C=O) groups is 2. The van der Waals surface area contributed by atoms with Crippen molar-refractivity contribution in [3.05, 3.63) is 23.9 Å². The Morgan fingerprint density at radius 2 is 2.04 bits per heavy atom. The van der Waals surface area contributed by atoms with E-state index in [1.165, 1.54) is 6.07 Å². The average molecular weight is 364 g/mol. The van der Waals surface area contributed by atoms with Crippen molar-refractivity contribution in [2.45, 2.75) is 37.7 Å². The third-order valence-corrected chi connectivity index (χ3v) is 3.60. The number of amides is 1. The fraction of sp³-hybridized carbons (Fsp3) is 0.533. The highest BCUT2D eigenvalue weighted by molar-refractivity contribution is 5.96. The minimum absolute atomic E-state index is 0.00461. The Morgan fingerprint density at radius 1 is 1.36 bits per heavy atom. The van der Waals surface area contributed by atoms with Gasteiger partial charge in [0.25, 0.3) is 5.91 Å². The van der Waals surface area contributed by atoms with E-state index in [4.69, 9.17) is 5.11 Å². The SMILES string of the molecule is O=C(NC(CC1CC1)C(=O)O)c1ccc(OCC(F)(F)C(F)F)nc1. The van der Waals surface area contributed by atoms with Gasteiger partial charge in [0.1, 0.15) is 6.04 Å². The number of aromatic nitrogens is 1. The van der Waals surface area contributed by atoms with E-state index in [0.29, 0.717) is 6.42 Å². The van der Waals surface area contributed by atoms with E-state index in [1.807, 2.05) is 0 Å². The molecule has 0 aromatic carbocycles. The summed E-state index contributed by atoms with van der Waals surface area (Å²) >= 11 is 0. The van der Waals surface area contributed by atoms with Crippen LogP contribution >= 0.6 is 0 Å². The van der Waals surface area contributed by atoms with Crippen LogP contribution in [0.25, 0.3) is 0 Å². The number of carboxylic acids is 1. The molecule has 138 valence electrons. The normalized spacial score (nSPS) is 15.7. The second-order valence-corrected chi connectivity index (χ2v) is 5.78. The summed E-state index contributed by atoms with van der Waals surface area (Å²) in [5, 5.41) is 11.5. The van der Waals surface area contributed by atoms with Crippen molar-refractivity contribution in [1.82, 2.24) is 10.3 Å².